The molecule has 6 nitrogen and oxygen atoms in total. The molecular weight excluding hydrogens is 270 g/mol. The van der Waals surface area contributed by atoms with Crippen LogP contribution in [0.4, 0.5) is 5.69 Å². The summed E-state index contributed by atoms with van der Waals surface area (Å²) in [5.41, 5.74) is 0.706. The Morgan fingerprint density at radius 3 is 2.79 bits per heavy atom. The van der Waals surface area contributed by atoms with Crippen LogP contribution in [0.25, 0.3) is 0 Å². The molecule has 7 heteroatoms. The average molecular weight is 285 g/mol. The van der Waals surface area contributed by atoms with Crippen molar-refractivity contribution in [3.63, 3.8) is 0 Å². The quantitative estimate of drug-likeness (QED) is 0.600. The fraction of sp³-hybridized carbons (Fsp3) is 0.333. The van der Waals surface area contributed by atoms with Crippen LogP contribution in [0.3, 0.4) is 0 Å². The fourth-order valence-corrected chi connectivity index (χ4v) is 2.53. The minimum Gasteiger partial charge on any atom is -0.469 e. The van der Waals surface area contributed by atoms with Crippen LogP contribution in [0.5, 0.6) is 0 Å². The molecule has 0 aromatic heterocycles. The van der Waals surface area contributed by atoms with Crippen LogP contribution in [-0.2, 0) is 19.6 Å². The number of carbonyl (C=O) groups excluding carboxylic acids is 2. The highest BCUT2D eigenvalue weighted by Gasteiger charge is 2.12. The lowest BCUT2D eigenvalue weighted by Crippen LogP contribution is -2.17. The molecule has 0 heterocycles. The summed E-state index contributed by atoms with van der Waals surface area (Å²) in [6.45, 7) is 0. The van der Waals surface area contributed by atoms with E-state index in [0.717, 1.165) is 0 Å². The maximum absolute atomic E-state index is 11.7. The maximum Gasteiger partial charge on any atom is 0.305 e. The zero-order valence-corrected chi connectivity index (χ0v) is 11.3. The van der Waals surface area contributed by atoms with Gasteiger partial charge in [0.05, 0.1) is 12.9 Å². The highest BCUT2D eigenvalue weighted by Crippen LogP contribution is 2.12. The predicted octanol–water partition coefficient (Wildman–Crippen LogP) is 1.19. The van der Waals surface area contributed by atoms with Gasteiger partial charge < -0.3 is 4.74 Å². The second-order valence-corrected chi connectivity index (χ2v) is 5.69. The van der Waals surface area contributed by atoms with Crippen molar-refractivity contribution in [1.29, 1.82) is 0 Å². The summed E-state index contributed by atoms with van der Waals surface area (Å²) in [7, 11) is -2.29. The third kappa shape index (κ3) is 5.52. The van der Waals surface area contributed by atoms with Gasteiger partial charge in [0.1, 0.15) is 6.29 Å². The Kier molecular flexibility index (Phi) is 5.50. The Hall–Kier alpha value is -1.89. The van der Waals surface area contributed by atoms with Gasteiger partial charge in [-0.05, 0) is 18.6 Å². The number of methoxy groups -OCH3 is 1. The average Bonchev–Trinajstić information content (AvgIpc) is 2.37. The Balaban J connectivity index is 2.58. The lowest BCUT2D eigenvalue weighted by molar-refractivity contribution is -0.140. The monoisotopic (exact) mass is 285 g/mol. The third-order valence-electron chi connectivity index (χ3n) is 2.32. The molecule has 0 aliphatic heterocycles. The van der Waals surface area contributed by atoms with E-state index in [1.165, 1.54) is 13.2 Å². The van der Waals surface area contributed by atoms with Gasteiger partial charge in [-0.25, -0.2) is 8.42 Å². The van der Waals surface area contributed by atoms with Crippen molar-refractivity contribution in [3.8, 4) is 0 Å². The van der Waals surface area contributed by atoms with Gasteiger partial charge in [0, 0.05) is 17.7 Å². The number of carbonyl (C=O) groups is 2. The molecule has 0 saturated carbocycles. The Labute approximate surface area is 111 Å². The van der Waals surface area contributed by atoms with E-state index < -0.39 is 16.0 Å². The molecule has 1 aromatic carbocycles. The van der Waals surface area contributed by atoms with Crippen molar-refractivity contribution in [1.82, 2.24) is 0 Å². The molecule has 1 aromatic rings. The summed E-state index contributed by atoms with van der Waals surface area (Å²) in [6, 6.07) is 6.13. The van der Waals surface area contributed by atoms with Gasteiger partial charge in [0.2, 0.25) is 10.0 Å². The van der Waals surface area contributed by atoms with Gasteiger partial charge in [-0.15, -0.1) is 0 Å². The van der Waals surface area contributed by atoms with Crippen LogP contribution >= 0.6 is 0 Å². The van der Waals surface area contributed by atoms with Crippen molar-refractivity contribution in [2.45, 2.75) is 12.8 Å². The Morgan fingerprint density at radius 2 is 2.16 bits per heavy atom. The summed E-state index contributed by atoms with van der Waals surface area (Å²) in [4.78, 5) is 21.4. The Bertz CT molecular complexity index is 553. The lowest BCUT2D eigenvalue weighted by atomic mass is 10.2. The van der Waals surface area contributed by atoms with Crippen molar-refractivity contribution in [2.75, 3.05) is 17.6 Å². The van der Waals surface area contributed by atoms with Crippen molar-refractivity contribution in [2.24, 2.45) is 0 Å². The molecule has 0 unspecified atom stereocenters. The Morgan fingerprint density at radius 1 is 1.42 bits per heavy atom. The van der Waals surface area contributed by atoms with Crippen LogP contribution in [0.2, 0.25) is 0 Å². The summed E-state index contributed by atoms with van der Waals surface area (Å²) in [5, 5.41) is 0. The van der Waals surface area contributed by atoms with E-state index in [0.29, 0.717) is 17.5 Å². The molecule has 1 N–H and O–H groups in total. The SMILES string of the molecule is COC(=O)CCCS(=O)(=O)Nc1cccc(C=O)c1. The minimum atomic E-state index is -3.54. The number of rotatable bonds is 7. The number of hydrogen-bond acceptors (Lipinski definition) is 5. The van der Waals surface area contributed by atoms with Crippen LogP contribution < -0.4 is 4.72 Å². The second-order valence-electron chi connectivity index (χ2n) is 3.84. The first-order valence-corrected chi connectivity index (χ1v) is 7.24. The van der Waals surface area contributed by atoms with Gasteiger partial charge in [-0.1, -0.05) is 12.1 Å². The first-order chi connectivity index (χ1) is 8.96. The number of benzene rings is 1. The van der Waals surface area contributed by atoms with Gasteiger partial charge in [0.25, 0.3) is 0 Å². The first-order valence-electron chi connectivity index (χ1n) is 5.59. The molecular formula is C12H15NO5S. The topological polar surface area (TPSA) is 89.5 Å². The number of anilines is 1. The largest absolute Gasteiger partial charge is 0.469 e. The van der Waals surface area contributed by atoms with E-state index >= 15 is 0 Å². The summed E-state index contributed by atoms with van der Waals surface area (Å²) in [6.07, 6.45) is 0.857. The van der Waals surface area contributed by atoms with Crippen LogP contribution in [0.1, 0.15) is 23.2 Å². The van der Waals surface area contributed by atoms with Crippen LogP contribution in [0, 0.1) is 0 Å². The maximum atomic E-state index is 11.7. The van der Waals surface area contributed by atoms with Crippen molar-refractivity contribution in [3.05, 3.63) is 29.8 Å². The van der Waals surface area contributed by atoms with Crippen molar-refractivity contribution >= 4 is 28.0 Å². The van der Waals surface area contributed by atoms with Gasteiger partial charge in [0.15, 0.2) is 0 Å². The number of nitrogens with one attached hydrogen (secondary N) is 1. The number of sulfonamides is 1. The molecule has 0 atom stereocenters. The molecule has 0 amide bonds. The van der Waals surface area contributed by atoms with Crippen LogP contribution in [-0.4, -0.2) is 33.5 Å². The number of aldehydes is 1. The summed E-state index contributed by atoms with van der Waals surface area (Å²) >= 11 is 0. The number of hydrogen-bond donors (Lipinski definition) is 1. The molecule has 104 valence electrons. The highest BCUT2D eigenvalue weighted by atomic mass is 32.2. The van der Waals surface area contributed by atoms with E-state index in [4.69, 9.17) is 0 Å². The summed E-state index contributed by atoms with van der Waals surface area (Å²) in [5.74, 6) is -0.633. The molecule has 0 bridgehead atoms. The first kappa shape index (κ1) is 15.2. The van der Waals surface area contributed by atoms with E-state index in [-0.39, 0.29) is 18.6 Å². The molecule has 1 rings (SSSR count). The van der Waals surface area contributed by atoms with Gasteiger partial charge >= 0.3 is 5.97 Å². The molecule has 0 saturated heterocycles. The minimum absolute atomic E-state index is 0.0474. The third-order valence-corrected chi connectivity index (χ3v) is 3.69. The number of esters is 1. The standard InChI is InChI=1S/C12H15NO5S/c1-18-12(15)6-3-7-19(16,17)13-11-5-2-4-10(8-11)9-14/h2,4-5,8-9,13H,3,6-7H2,1H3. The van der Waals surface area contributed by atoms with E-state index in [1.54, 1.807) is 18.2 Å². The fourth-order valence-electron chi connectivity index (χ4n) is 1.41. The number of ether oxygens (including phenoxy) is 1. The smallest absolute Gasteiger partial charge is 0.305 e. The normalized spacial score (nSPS) is 10.8. The van der Waals surface area contributed by atoms with Gasteiger partial charge in [-0.2, -0.15) is 0 Å². The zero-order valence-electron chi connectivity index (χ0n) is 10.5. The van der Waals surface area contributed by atoms with E-state index in [2.05, 4.69) is 9.46 Å². The molecule has 0 aliphatic rings. The predicted molar refractivity (Wildman–Crippen MR) is 70.5 cm³/mol. The molecule has 0 spiro atoms. The summed E-state index contributed by atoms with van der Waals surface area (Å²) < 4.78 is 30.2. The van der Waals surface area contributed by atoms with E-state index in [1.807, 2.05) is 0 Å². The molecule has 0 aliphatic carbocycles. The molecule has 19 heavy (non-hydrogen) atoms. The molecule has 0 radical (unpaired) electrons. The second kappa shape index (κ2) is 6.89. The van der Waals surface area contributed by atoms with Crippen molar-refractivity contribution < 1.29 is 22.7 Å². The molecule has 0 fully saturated rings. The van der Waals surface area contributed by atoms with Gasteiger partial charge in [-0.3, -0.25) is 14.3 Å². The lowest BCUT2D eigenvalue weighted by Gasteiger charge is -2.07. The zero-order chi connectivity index (χ0) is 14.3. The van der Waals surface area contributed by atoms with E-state index in [9.17, 15) is 18.0 Å². The highest BCUT2D eigenvalue weighted by molar-refractivity contribution is 7.92. The van der Waals surface area contributed by atoms with Crippen LogP contribution in [0.15, 0.2) is 24.3 Å².